The first-order chi connectivity index (χ1) is 13.2. The first-order valence-corrected chi connectivity index (χ1v) is 9.82. The van der Waals surface area contributed by atoms with E-state index in [-0.39, 0.29) is 30.2 Å². The summed E-state index contributed by atoms with van der Waals surface area (Å²) in [6.07, 6.45) is 5.63. The Morgan fingerprint density at radius 2 is 2.04 bits per heavy atom. The van der Waals surface area contributed by atoms with Gasteiger partial charge in [0.05, 0.1) is 12.1 Å². The van der Waals surface area contributed by atoms with Crippen molar-refractivity contribution in [3.63, 3.8) is 0 Å². The topological polar surface area (TPSA) is 110 Å². The zero-order valence-electron chi connectivity index (χ0n) is 16.7. The molecule has 2 amide bonds. The van der Waals surface area contributed by atoms with Crippen molar-refractivity contribution in [1.29, 1.82) is 5.26 Å². The monoisotopic (exact) mass is 387 g/mol. The zero-order chi connectivity index (χ0) is 20.5. The van der Waals surface area contributed by atoms with E-state index in [2.05, 4.69) is 16.7 Å². The van der Waals surface area contributed by atoms with Gasteiger partial charge in [0.15, 0.2) is 0 Å². The Labute approximate surface area is 165 Å². The van der Waals surface area contributed by atoms with E-state index in [0.717, 1.165) is 19.4 Å². The minimum absolute atomic E-state index is 0.0361. The predicted molar refractivity (Wildman–Crippen MR) is 105 cm³/mol. The molecule has 8 heteroatoms. The lowest BCUT2D eigenvalue weighted by Crippen LogP contribution is -2.56. The molecule has 0 saturated heterocycles. The van der Waals surface area contributed by atoms with Crippen molar-refractivity contribution >= 4 is 17.8 Å². The van der Waals surface area contributed by atoms with Crippen LogP contribution in [0.2, 0.25) is 0 Å². The Bertz CT molecular complexity index is 779. The molecule has 2 aliphatic carbocycles. The molecule has 1 heterocycles. The molecule has 2 fully saturated rings. The van der Waals surface area contributed by atoms with Gasteiger partial charge in [-0.1, -0.05) is 0 Å². The van der Waals surface area contributed by atoms with Crippen LogP contribution in [0.1, 0.15) is 52.0 Å². The number of nitriles is 1. The first-order valence-electron chi connectivity index (χ1n) is 9.82. The second-order valence-corrected chi connectivity index (χ2v) is 8.95. The summed E-state index contributed by atoms with van der Waals surface area (Å²) in [5, 5.41) is 24.1. The Morgan fingerprint density at radius 3 is 2.57 bits per heavy atom. The third-order valence-corrected chi connectivity index (χ3v) is 5.41. The maximum atomic E-state index is 12.4. The van der Waals surface area contributed by atoms with Crippen LogP contribution in [0.5, 0.6) is 0 Å². The predicted octanol–water partition coefficient (Wildman–Crippen LogP) is 2.56. The number of nitrogens with one attached hydrogen (secondary N) is 2. The van der Waals surface area contributed by atoms with Crippen LogP contribution in [-0.4, -0.2) is 51.7 Å². The summed E-state index contributed by atoms with van der Waals surface area (Å²) in [5.41, 5.74) is 0.234. The number of aromatic nitrogens is 1. The summed E-state index contributed by atoms with van der Waals surface area (Å²) >= 11 is 0. The number of carboxylic acid groups (broad SMARTS) is 1. The molecule has 3 rings (SSSR count). The number of carbonyl (C=O) groups excluding carboxylic acids is 1. The second-order valence-electron chi connectivity index (χ2n) is 8.95. The summed E-state index contributed by atoms with van der Waals surface area (Å²) in [5.74, 6) is 0.416. The van der Waals surface area contributed by atoms with E-state index in [4.69, 9.17) is 10.4 Å². The van der Waals surface area contributed by atoms with Crippen molar-refractivity contribution in [2.24, 2.45) is 5.92 Å². The number of amides is 2. The standard InChI is InChI=1S/C20H29N5O3/c1-20(2,3)25-11-14(9-21)6-17(25)23-19(28)22-15-7-16(8-15)24(12-18(26)27)10-13-4-5-13/h6,11,13,15-16H,4-5,7-8,10,12H2,1-3H3,(H,26,27)(H2,22,23,28). The Balaban J connectivity index is 1.52. The molecule has 1 aromatic heterocycles. The van der Waals surface area contributed by atoms with Crippen LogP contribution in [0.15, 0.2) is 12.3 Å². The number of urea groups is 1. The number of rotatable bonds is 7. The molecule has 0 aromatic carbocycles. The lowest BCUT2D eigenvalue weighted by molar-refractivity contribution is -0.139. The minimum atomic E-state index is -0.800. The molecule has 8 nitrogen and oxygen atoms in total. The number of carboxylic acids is 1. The largest absolute Gasteiger partial charge is 0.480 e. The van der Waals surface area contributed by atoms with Crippen molar-refractivity contribution in [2.75, 3.05) is 18.4 Å². The highest BCUT2D eigenvalue weighted by Crippen LogP contribution is 2.34. The Morgan fingerprint density at radius 1 is 1.36 bits per heavy atom. The molecule has 0 bridgehead atoms. The average molecular weight is 387 g/mol. The molecule has 1 aromatic rings. The zero-order valence-corrected chi connectivity index (χ0v) is 16.7. The smallest absolute Gasteiger partial charge is 0.320 e. The molecular weight excluding hydrogens is 358 g/mol. The van der Waals surface area contributed by atoms with Gasteiger partial charge in [0.25, 0.3) is 0 Å². The van der Waals surface area contributed by atoms with Gasteiger partial charge in [-0.25, -0.2) is 4.79 Å². The number of nitrogens with zero attached hydrogens (tertiary/aromatic N) is 3. The van der Waals surface area contributed by atoms with Gasteiger partial charge < -0.3 is 15.0 Å². The van der Waals surface area contributed by atoms with E-state index < -0.39 is 5.97 Å². The van der Waals surface area contributed by atoms with E-state index in [1.807, 2.05) is 30.2 Å². The third-order valence-electron chi connectivity index (χ3n) is 5.41. The van der Waals surface area contributed by atoms with Crippen LogP contribution >= 0.6 is 0 Å². The van der Waals surface area contributed by atoms with Gasteiger partial charge >= 0.3 is 12.0 Å². The van der Waals surface area contributed by atoms with Crippen LogP contribution in [-0.2, 0) is 10.3 Å². The summed E-state index contributed by atoms with van der Waals surface area (Å²) in [6.45, 7) is 6.92. The van der Waals surface area contributed by atoms with Gasteiger partial charge in [-0.2, -0.15) is 5.26 Å². The summed E-state index contributed by atoms with van der Waals surface area (Å²) in [4.78, 5) is 25.6. The maximum Gasteiger partial charge on any atom is 0.320 e. The van der Waals surface area contributed by atoms with Crippen LogP contribution in [0, 0.1) is 17.2 Å². The molecule has 0 spiro atoms. The molecule has 0 radical (unpaired) electrons. The summed E-state index contributed by atoms with van der Waals surface area (Å²) in [7, 11) is 0. The van der Waals surface area contributed by atoms with Crippen LogP contribution in [0.4, 0.5) is 10.6 Å². The fourth-order valence-electron chi connectivity index (χ4n) is 3.67. The lowest BCUT2D eigenvalue weighted by Gasteiger charge is -2.42. The van der Waals surface area contributed by atoms with E-state index in [1.54, 1.807) is 12.3 Å². The van der Waals surface area contributed by atoms with E-state index in [1.165, 1.54) is 12.8 Å². The number of hydrogen-bond acceptors (Lipinski definition) is 4. The Hall–Kier alpha value is -2.53. The molecular formula is C20H29N5O3. The molecule has 0 aliphatic heterocycles. The van der Waals surface area contributed by atoms with Gasteiger partial charge in [0.1, 0.15) is 11.9 Å². The van der Waals surface area contributed by atoms with E-state index in [0.29, 0.717) is 17.3 Å². The van der Waals surface area contributed by atoms with Crippen molar-refractivity contribution in [3.05, 3.63) is 17.8 Å². The van der Waals surface area contributed by atoms with Gasteiger partial charge in [0.2, 0.25) is 0 Å². The lowest BCUT2D eigenvalue weighted by atomic mass is 9.85. The molecule has 0 atom stereocenters. The van der Waals surface area contributed by atoms with Gasteiger partial charge in [-0.15, -0.1) is 0 Å². The first kappa shape index (κ1) is 20.2. The molecule has 152 valence electrons. The minimum Gasteiger partial charge on any atom is -0.480 e. The molecule has 3 N–H and O–H groups in total. The summed E-state index contributed by atoms with van der Waals surface area (Å²) < 4.78 is 1.87. The van der Waals surface area contributed by atoms with Gasteiger partial charge in [0, 0.05) is 30.4 Å². The van der Waals surface area contributed by atoms with Crippen LogP contribution in [0.3, 0.4) is 0 Å². The normalized spacial score (nSPS) is 21.7. The highest BCUT2D eigenvalue weighted by atomic mass is 16.4. The number of carbonyl (C=O) groups is 2. The third kappa shape index (κ3) is 5.04. The van der Waals surface area contributed by atoms with E-state index >= 15 is 0 Å². The van der Waals surface area contributed by atoms with Gasteiger partial charge in [-0.3, -0.25) is 15.0 Å². The number of aliphatic carboxylic acids is 1. The second kappa shape index (κ2) is 7.84. The Kier molecular flexibility index (Phi) is 5.66. The number of anilines is 1. The van der Waals surface area contributed by atoms with Crippen molar-refractivity contribution in [1.82, 2.24) is 14.8 Å². The van der Waals surface area contributed by atoms with Crippen LogP contribution < -0.4 is 10.6 Å². The number of hydrogen-bond donors (Lipinski definition) is 3. The van der Waals surface area contributed by atoms with E-state index in [9.17, 15) is 9.59 Å². The van der Waals surface area contributed by atoms with Gasteiger partial charge in [-0.05, 0) is 58.4 Å². The highest BCUT2D eigenvalue weighted by Gasteiger charge is 2.37. The quantitative estimate of drug-likeness (QED) is 0.666. The molecule has 2 aliphatic rings. The van der Waals surface area contributed by atoms with Crippen molar-refractivity contribution in [2.45, 2.75) is 64.1 Å². The molecule has 28 heavy (non-hydrogen) atoms. The fourth-order valence-corrected chi connectivity index (χ4v) is 3.67. The average Bonchev–Trinajstić information content (AvgIpc) is 3.25. The molecule has 0 unspecified atom stereocenters. The van der Waals surface area contributed by atoms with Crippen molar-refractivity contribution < 1.29 is 14.7 Å². The fraction of sp³-hybridized carbons (Fsp3) is 0.650. The SMILES string of the molecule is CC(C)(C)n1cc(C#N)cc1NC(=O)NC1CC(N(CC(=O)O)CC2CC2)C1. The maximum absolute atomic E-state index is 12.4. The summed E-state index contributed by atoms with van der Waals surface area (Å²) in [6, 6.07) is 3.72. The van der Waals surface area contributed by atoms with Crippen molar-refractivity contribution in [3.8, 4) is 6.07 Å². The molecule has 2 saturated carbocycles. The van der Waals surface area contributed by atoms with Crippen LogP contribution in [0.25, 0.3) is 0 Å². The highest BCUT2D eigenvalue weighted by molar-refractivity contribution is 5.89.